The van der Waals surface area contributed by atoms with Crippen molar-refractivity contribution >= 4 is 28.9 Å². The van der Waals surface area contributed by atoms with Crippen molar-refractivity contribution in [3.8, 4) is 0 Å². The van der Waals surface area contributed by atoms with Crippen molar-refractivity contribution in [2.24, 2.45) is 4.99 Å². The number of ketones is 1. The number of hydrogen-bond acceptors (Lipinski definition) is 9. The first-order valence-electron chi connectivity index (χ1n) is 10.3. The molecule has 0 fully saturated rings. The summed E-state index contributed by atoms with van der Waals surface area (Å²) in [5.74, 6) is -1.22. The molecule has 3 aromatic rings. The van der Waals surface area contributed by atoms with E-state index in [0.717, 1.165) is 6.20 Å². The van der Waals surface area contributed by atoms with Gasteiger partial charge in [0.25, 0.3) is 0 Å². The van der Waals surface area contributed by atoms with Crippen molar-refractivity contribution in [2.75, 3.05) is 5.32 Å². The SMILES string of the molecule is C[C@@H](CC(=O)c1ncnc2c1CCC(=O)N2)c1cc(C2=Nc3cnc(C(F)(F)F)nc3C2)no1. The third kappa shape index (κ3) is 4.04. The maximum absolute atomic E-state index is 12.9. The molecule has 0 bridgehead atoms. The molecule has 0 unspecified atom stereocenters. The average molecular weight is 471 g/mol. The third-order valence-electron chi connectivity index (χ3n) is 5.56. The number of nitrogens with one attached hydrogen (secondary N) is 1. The van der Waals surface area contributed by atoms with Gasteiger partial charge in [0, 0.05) is 36.8 Å². The number of halogens is 3. The molecule has 2 aliphatic heterocycles. The Morgan fingerprint density at radius 3 is 2.85 bits per heavy atom. The summed E-state index contributed by atoms with van der Waals surface area (Å²) in [6.07, 6.45) is -1.62. The predicted octanol–water partition coefficient (Wildman–Crippen LogP) is 3.21. The van der Waals surface area contributed by atoms with Crippen molar-refractivity contribution in [3.63, 3.8) is 0 Å². The second kappa shape index (κ2) is 8.08. The number of anilines is 1. The predicted molar refractivity (Wildman–Crippen MR) is 110 cm³/mol. The second-order valence-electron chi connectivity index (χ2n) is 8.00. The summed E-state index contributed by atoms with van der Waals surface area (Å²) in [4.78, 5) is 43.8. The van der Waals surface area contributed by atoms with E-state index in [9.17, 15) is 22.8 Å². The van der Waals surface area contributed by atoms with Gasteiger partial charge in [-0.1, -0.05) is 12.1 Å². The van der Waals surface area contributed by atoms with E-state index in [-0.39, 0.29) is 53.9 Å². The largest absolute Gasteiger partial charge is 0.451 e. The van der Waals surface area contributed by atoms with Crippen molar-refractivity contribution in [1.82, 2.24) is 25.1 Å². The van der Waals surface area contributed by atoms with Crippen LogP contribution in [0.5, 0.6) is 0 Å². The summed E-state index contributed by atoms with van der Waals surface area (Å²) in [7, 11) is 0. The minimum atomic E-state index is -4.64. The molecule has 5 rings (SSSR count). The van der Waals surface area contributed by atoms with Gasteiger partial charge in [-0.2, -0.15) is 13.2 Å². The normalized spacial score (nSPS) is 15.9. The Morgan fingerprint density at radius 2 is 2.06 bits per heavy atom. The number of carbonyl (C=O) groups is 2. The van der Waals surface area contributed by atoms with E-state index < -0.39 is 12.0 Å². The number of alkyl halides is 3. The van der Waals surface area contributed by atoms with Gasteiger partial charge in [0.05, 0.1) is 17.6 Å². The van der Waals surface area contributed by atoms with E-state index in [0.29, 0.717) is 35.0 Å². The number of amides is 1. The van der Waals surface area contributed by atoms with E-state index in [1.807, 2.05) is 0 Å². The fourth-order valence-electron chi connectivity index (χ4n) is 3.83. The van der Waals surface area contributed by atoms with Gasteiger partial charge in [0.1, 0.15) is 35.0 Å². The Hall–Kier alpha value is -4.03. The molecular weight excluding hydrogens is 455 g/mol. The number of aliphatic imine (C=N–C) groups is 1. The molecule has 10 nitrogen and oxygen atoms in total. The minimum Gasteiger partial charge on any atom is -0.360 e. The van der Waals surface area contributed by atoms with E-state index in [4.69, 9.17) is 4.52 Å². The fourth-order valence-corrected chi connectivity index (χ4v) is 3.83. The maximum atomic E-state index is 12.9. The molecule has 0 saturated heterocycles. The topological polar surface area (TPSA) is 136 Å². The van der Waals surface area contributed by atoms with Crippen LogP contribution in [0, 0.1) is 0 Å². The Balaban J connectivity index is 1.30. The molecule has 2 aliphatic rings. The van der Waals surface area contributed by atoms with E-state index in [1.165, 1.54) is 6.33 Å². The number of rotatable bonds is 5. The molecule has 174 valence electrons. The Bertz CT molecular complexity index is 1350. The molecule has 0 aliphatic carbocycles. The number of hydrogen-bond donors (Lipinski definition) is 1. The zero-order chi connectivity index (χ0) is 24.0. The second-order valence-corrected chi connectivity index (χ2v) is 8.00. The molecule has 1 amide bonds. The van der Waals surface area contributed by atoms with Crippen molar-refractivity contribution in [3.05, 3.63) is 52.8 Å². The highest BCUT2D eigenvalue weighted by Gasteiger charge is 2.36. The average Bonchev–Trinajstić information content (AvgIpc) is 3.44. The lowest BCUT2D eigenvalue weighted by Crippen LogP contribution is -2.23. The van der Waals surface area contributed by atoms with Crippen LogP contribution in [0.15, 0.2) is 28.1 Å². The van der Waals surface area contributed by atoms with Gasteiger partial charge in [-0.3, -0.25) is 9.59 Å². The van der Waals surface area contributed by atoms with Gasteiger partial charge in [-0.25, -0.2) is 24.9 Å². The summed E-state index contributed by atoms with van der Waals surface area (Å²) in [5.41, 5.74) is 2.02. The summed E-state index contributed by atoms with van der Waals surface area (Å²) >= 11 is 0. The van der Waals surface area contributed by atoms with Crippen LogP contribution in [0.3, 0.4) is 0 Å². The summed E-state index contributed by atoms with van der Waals surface area (Å²) in [6, 6.07) is 1.61. The van der Waals surface area contributed by atoms with Crippen molar-refractivity contribution in [2.45, 2.75) is 44.7 Å². The van der Waals surface area contributed by atoms with Crippen molar-refractivity contribution < 1.29 is 27.3 Å². The molecule has 0 radical (unpaired) electrons. The Morgan fingerprint density at radius 1 is 1.24 bits per heavy atom. The van der Waals surface area contributed by atoms with E-state index >= 15 is 0 Å². The molecule has 3 aromatic heterocycles. The highest BCUT2D eigenvalue weighted by molar-refractivity contribution is 6.04. The van der Waals surface area contributed by atoms with Crippen LogP contribution in [0.4, 0.5) is 24.7 Å². The quantitative estimate of drug-likeness (QED) is 0.560. The van der Waals surface area contributed by atoms with Crippen LogP contribution in [-0.2, 0) is 23.8 Å². The number of Topliss-reactive ketones (excluding diaryl/α,β-unsaturated/α-hetero) is 1. The van der Waals surface area contributed by atoms with Gasteiger partial charge in [0.15, 0.2) is 5.78 Å². The lowest BCUT2D eigenvalue weighted by Gasteiger charge is -2.17. The van der Waals surface area contributed by atoms with Crippen LogP contribution in [0.2, 0.25) is 0 Å². The standard InChI is InChI=1S/C21H16F3N7O3/c1-9(4-15(32)18-10-2-3-17(33)30-19(10)27-8-26-18)16-6-13(31-34-16)11-5-12-14(28-11)7-25-20(29-12)21(22,23)24/h6-9H,2-5H2,1H3,(H,26,27,30,33)/t9-/m0/s1. The molecule has 13 heteroatoms. The third-order valence-corrected chi connectivity index (χ3v) is 5.56. The Kier molecular flexibility index (Phi) is 5.18. The van der Waals surface area contributed by atoms with E-state index in [2.05, 4.69) is 35.4 Å². The lowest BCUT2D eigenvalue weighted by atomic mass is 9.95. The first-order valence-corrected chi connectivity index (χ1v) is 10.3. The number of carbonyl (C=O) groups excluding carboxylic acids is 2. The maximum Gasteiger partial charge on any atom is 0.451 e. The van der Waals surface area contributed by atoms with Gasteiger partial charge in [0.2, 0.25) is 11.7 Å². The summed E-state index contributed by atoms with van der Waals surface area (Å²) < 4.78 is 44.0. The zero-order valence-electron chi connectivity index (χ0n) is 17.7. The van der Waals surface area contributed by atoms with Crippen molar-refractivity contribution in [1.29, 1.82) is 0 Å². The molecule has 34 heavy (non-hydrogen) atoms. The smallest absolute Gasteiger partial charge is 0.360 e. The molecule has 0 aromatic carbocycles. The molecule has 0 saturated carbocycles. The van der Waals surface area contributed by atoms with Gasteiger partial charge in [-0.05, 0) is 6.42 Å². The molecule has 1 atom stereocenters. The number of nitrogens with zero attached hydrogens (tertiary/aromatic N) is 6. The Labute approximate surface area is 189 Å². The van der Waals surface area contributed by atoms with Crippen LogP contribution < -0.4 is 5.32 Å². The van der Waals surface area contributed by atoms with Crippen LogP contribution in [0.1, 0.15) is 64.7 Å². The molecular formula is C21H16F3N7O3. The minimum absolute atomic E-state index is 0.0546. The van der Waals surface area contributed by atoms with E-state index in [1.54, 1.807) is 13.0 Å². The first kappa shape index (κ1) is 21.8. The highest BCUT2D eigenvalue weighted by Crippen LogP contribution is 2.32. The van der Waals surface area contributed by atoms with Gasteiger partial charge >= 0.3 is 6.18 Å². The highest BCUT2D eigenvalue weighted by atomic mass is 19.4. The molecule has 5 heterocycles. The monoisotopic (exact) mass is 471 g/mol. The lowest BCUT2D eigenvalue weighted by molar-refractivity contribution is -0.145. The molecule has 1 N–H and O–H groups in total. The zero-order valence-corrected chi connectivity index (χ0v) is 17.7. The number of fused-ring (bicyclic) bond motifs is 2. The van der Waals surface area contributed by atoms with Crippen LogP contribution in [-0.4, -0.2) is 42.5 Å². The van der Waals surface area contributed by atoms with Gasteiger partial charge < -0.3 is 9.84 Å². The van der Waals surface area contributed by atoms with Gasteiger partial charge in [-0.15, -0.1) is 0 Å². The van der Waals surface area contributed by atoms with Crippen LogP contribution in [0.25, 0.3) is 0 Å². The summed E-state index contributed by atoms with van der Waals surface area (Å²) in [5, 5.41) is 6.61. The fraction of sp³-hybridized carbons (Fsp3) is 0.333. The number of aromatic nitrogens is 5. The van der Waals surface area contributed by atoms with Crippen LogP contribution >= 0.6 is 0 Å². The first-order chi connectivity index (χ1) is 16.2. The molecule has 0 spiro atoms. The summed E-state index contributed by atoms with van der Waals surface area (Å²) in [6.45, 7) is 1.78.